The zero-order valence-electron chi connectivity index (χ0n) is 18.8. The first kappa shape index (κ1) is 23.8. The number of anilines is 1. The minimum atomic E-state index is -4.49. The molecule has 4 N–H and O–H groups in total. The van der Waals surface area contributed by atoms with Crippen LogP contribution in [0.1, 0.15) is 28.4 Å². The van der Waals surface area contributed by atoms with Gasteiger partial charge in [-0.25, -0.2) is 9.88 Å². The number of nitrogens with zero attached hydrogens (tertiary/aromatic N) is 3. The fraction of sp³-hybridized carbons (Fsp3) is 0.292. The van der Waals surface area contributed by atoms with Crippen molar-refractivity contribution >= 4 is 5.82 Å². The zero-order chi connectivity index (χ0) is 24.5. The number of aromatic nitrogens is 1. The van der Waals surface area contributed by atoms with Crippen molar-refractivity contribution in [2.45, 2.75) is 31.7 Å². The van der Waals surface area contributed by atoms with Gasteiger partial charge in [0.05, 0.1) is 25.9 Å². The van der Waals surface area contributed by atoms with E-state index in [1.54, 1.807) is 43.5 Å². The van der Waals surface area contributed by atoms with Gasteiger partial charge in [0, 0.05) is 24.8 Å². The molecule has 1 aliphatic heterocycles. The van der Waals surface area contributed by atoms with Gasteiger partial charge in [0.1, 0.15) is 12.1 Å². The highest BCUT2D eigenvalue weighted by Crippen LogP contribution is 2.38. The van der Waals surface area contributed by atoms with Crippen molar-refractivity contribution in [1.29, 1.82) is 0 Å². The molecule has 0 bridgehead atoms. The van der Waals surface area contributed by atoms with Gasteiger partial charge in [0.25, 0.3) is 0 Å². The van der Waals surface area contributed by atoms with Crippen LogP contribution >= 0.6 is 0 Å². The average molecular weight is 473 g/mol. The topological polar surface area (TPSA) is 89.9 Å². The summed E-state index contributed by atoms with van der Waals surface area (Å²) in [6, 6.07) is 14.5. The van der Waals surface area contributed by atoms with Crippen LogP contribution in [0.3, 0.4) is 0 Å². The summed E-state index contributed by atoms with van der Waals surface area (Å²) >= 11 is 0. The summed E-state index contributed by atoms with van der Waals surface area (Å²) in [7, 11) is 3.09. The van der Waals surface area contributed by atoms with E-state index >= 15 is 0 Å². The van der Waals surface area contributed by atoms with Gasteiger partial charge in [-0.05, 0) is 35.4 Å². The third kappa shape index (κ3) is 4.52. The molecule has 7 nitrogen and oxygen atoms in total. The molecule has 0 saturated heterocycles. The molecule has 2 aromatic carbocycles. The maximum atomic E-state index is 13.6. The molecule has 4 rings (SSSR count). The number of methoxy groups -OCH3 is 2. The third-order valence-electron chi connectivity index (χ3n) is 5.90. The van der Waals surface area contributed by atoms with E-state index < -0.39 is 24.2 Å². The van der Waals surface area contributed by atoms with Gasteiger partial charge >= 0.3 is 6.18 Å². The Morgan fingerprint density at radius 1 is 0.941 bits per heavy atom. The molecule has 2 unspecified atom stereocenters. The van der Waals surface area contributed by atoms with E-state index in [9.17, 15) is 13.2 Å². The summed E-state index contributed by atoms with van der Waals surface area (Å²) in [5.74, 6) is 1.60. The molecule has 2 heterocycles. The summed E-state index contributed by atoms with van der Waals surface area (Å²) in [4.78, 5) is 7.85. The second-order valence-corrected chi connectivity index (χ2v) is 7.92. The van der Waals surface area contributed by atoms with Crippen LogP contribution < -0.4 is 25.8 Å². The molecule has 10 heteroatoms. The molecule has 1 aliphatic rings. The predicted molar refractivity (Wildman–Crippen MR) is 122 cm³/mol. The fourth-order valence-corrected chi connectivity index (χ4v) is 4.20. The van der Waals surface area contributed by atoms with Crippen molar-refractivity contribution in [3.05, 3.63) is 83.0 Å². The molecule has 0 spiro atoms. The normalized spacial score (nSPS) is 18.5. The molecule has 180 valence electrons. The van der Waals surface area contributed by atoms with Crippen molar-refractivity contribution in [2.24, 2.45) is 11.5 Å². The Labute approximate surface area is 195 Å². The smallest absolute Gasteiger partial charge is 0.416 e. The fourth-order valence-electron chi connectivity index (χ4n) is 4.20. The quantitative estimate of drug-likeness (QED) is 0.562. The molecular formula is C24H26F3N5O2. The Balaban J connectivity index is 1.71. The first-order chi connectivity index (χ1) is 16.2. The molecule has 2 atom stereocenters. The largest absolute Gasteiger partial charge is 0.493 e. The first-order valence-electron chi connectivity index (χ1n) is 10.6. The van der Waals surface area contributed by atoms with Crippen LogP contribution in [-0.2, 0) is 19.3 Å². The Bertz CT molecular complexity index is 1160. The lowest BCUT2D eigenvalue weighted by atomic mass is 10.0. The van der Waals surface area contributed by atoms with E-state index in [1.165, 1.54) is 12.1 Å². The highest BCUT2D eigenvalue weighted by atomic mass is 19.4. The van der Waals surface area contributed by atoms with Crippen molar-refractivity contribution in [2.75, 3.05) is 19.1 Å². The highest BCUT2D eigenvalue weighted by molar-refractivity contribution is 5.52. The zero-order valence-corrected chi connectivity index (χ0v) is 18.8. The first-order valence-corrected chi connectivity index (χ1v) is 10.6. The Morgan fingerprint density at radius 3 is 2.38 bits per heavy atom. The molecular weight excluding hydrogens is 447 g/mol. The number of ether oxygens (including phenoxy) is 2. The van der Waals surface area contributed by atoms with E-state index in [2.05, 4.69) is 4.98 Å². The van der Waals surface area contributed by atoms with Crippen molar-refractivity contribution in [3.8, 4) is 11.5 Å². The van der Waals surface area contributed by atoms with Crippen LogP contribution in [0.2, 0.25) is 0 Å². The summed E-state index contributed by atoms with van der Waals surface area (Å²) in [5, 5.41) is 0. The maximum Gasteiger partial charge on any atom is 0.416 e. The van der Waals surface area contributed by atoms with Gasteiger partial charge in [-0.1, -0.05) is 30.3 Å². The van der Waals surface area contributed by atoms with Crippen molar-refractivity contribution < 1.29 is 22.6 Å². The Kier molecular flexibility index (Phi) is 6.65. The highest BCUT2D eigenvalue weighted by Gasteiger charge is 2.38. The number of halogens is 3. The minimum Gasteiger partial charge on any atom is -0.493 e. The molecule has 0 radical (unpaired) electrons. The number of fused-ring (bicyclic) bond motifs is 1. The van der Waals surface area contributed by atoms with E-state index in [0.717, 1.165) is 11.6 Å². The number of alkyl halides is 3. The third-order valence-corrected chi connectivity index (χ3v) is 5.90. The summed E-state index contributed by atoms with van der Waals surface area (Å²) in [6.45, 7) is 0.241. The Hall–Kier alpha value is -3.34. The second kappa shape index (κ2) is 9.49. The van der Waals surface area contributed by atoms with Crippen LogP contribution in [-0.4, -0.2) is 30.4 Å². The number of hydrogen-bond acceptors (Lipinski definition) is 7. The van der Waals surface area contributed by atoms with Crippen molar-refractivity contribution in [1.82, 2.24) is 9.88 Å². The molecule has 0 fully saturated rings. The van der Waals surface area contributed by atoms with Gasteiger partial charge in [-0.15, -0.1) is 0 Å². The van der Waals surface area contributed by atoms with Gasteiger partial charge in [0.2, 0.25) is 0 Å². The standard InChI is InChI=1S/C24H26F3N5O2/c1-33-19-10-9-15(12-20(19)34-2)13-31-21(28)17-7-5-11-30-22(17)32(23(31)29)14-16-6-3-4-8-18(16)24(25,26)27/h3-12,21,23H,13-14,28-29H2,1-2H3. The van der Waals surface area contributed by atoms with E-state index in [4.69, 9.17) is 20.9 Å². The van der Waals surface area contributed by atoms with Gasteiger partial charge in [-0.2, -0.15) is 13.2 Å². The molecule has 3 aromatic rings. The molecule has 0 amide bonds. The Morgan fingerprint density at radius 2 is 1.68 bits per heavy atom. The van der Waals surface area contributed by atoms with Gasteiger partial charge in [-0.3, -0.25) is 5.73 Å². The van der Waals surface area contributed by atoms with Crippen LogP contribution in [0.4, 0.5) is 19.0 Å². The summed E-state index contributed by atoms with van der Waals surface area (Å²) < 4.78 is 51.6. The SMILES string of the molecule is COc1ccc(CN2C(N)c3cccnc3N(Cc3ccccc3C(F)(F)F)C2N)cc1OC. The number of nitrogens with two attached hydrogens (primary N) is 2. The molecule has 34 heavy (non-hydrogen) atoms. The molecule has 1 aromatic heterocycles. The van der Waals surface area contributed by atoms with Crippen LogP contribution in [0.25, 0.3) is 0 Å². The lowest BCUT2D eigenvalue weighted by molar-refractivity contribution is -0.138. The lowest BCUT2D eigenvalue weighted by Gasteiger charge is -2.46. The van der Waals surface area contributed by atoms with Crippen LogP contribution in [0.15, 0.2) is 60.8 Å². The van der Waals surface area contributed by atoms with E-state index in [-0.39, 0.29) is 12.1 Å². The predicted octanol–water partition coefficient (Wildman–Crippen LogP) is 3.84. The molecule has 0 aliphatic carbocycles. The van der Waals surface area contributed by atoms with Crippen LogP contribution in [0, 0.1) is 0 Å². The van der Waals surface area contributed by atoms with Crippen molar-refractivity contribution in [3.63, 3.8) is 0 Å². The number of hydrogen-bond donors (Lipinski definition) is 2. The monoisotopic (exact) mass is 473 g/mol. The van der Waals surface area contributed by atoms with Gasteiger partial charge < -0.3 is 20.1 Å². The second-order valence-electron chi connectivity index (χ2n) is 7.92. The minimum absolute atomic E-state index is 0.0873. The van der Waals surface area contributed by atoms with E-state index in [0.29, 0.717) is 29.4 Å². The lowest BCUT2D eigenvalue weighted by Crippen LogP contribution is -2.60. The number of rotatable bonds is 6. The van der Waals surface area contributed by atoms with Gasteiger partial charge in [0.15, 0.2) is 11.5 Å². The maximum absolute atomic E-state index is 13.6. The average Bonchev–Trinajstić information content (AvgIpc) is 2.84. The number of benzene rings is 2. The number of pyridine rings is 1. The summed E-state index contributed by atoms with van der Waals surface area (Å²) in [5.41, 5.74) is 14.1. The molecule has 0 saturated carbocycles. The summed E-state index contributed by atoms with van der Waals surface area (Å²) in [6.07, 6.45) is -4.35. The van der Waals surface area contributed by atoms with Crippen LogP contribution in [0.5, 0.6) is 11.5 Å². The van der Waals surface area contributed by atoms with E-state index in [1.807, 2.05) is 23.1 Å².